The van der Waals surface area contributed by atoms with E-state index < -0.39 is 0 Å². The maximum absolute atomic E-state index is 11.6. The fourth-order valence-corrected chi connectivity index (χ4v) is 2.06. The van der Waals surface area contributed by atoms with Crippen molar-refractivity contribution >= 4 is 5.97 Å². The minimum absolute atomic E-state index is 0.109. The Labute approximate surface area is 104 Å². The van der Waals surface area contributed by atoms with Crippen LogP contribution >= 0.6 is 0 Å². The van der Waals surface area contributed by atoms with Crippen LogP contribution in [0.4, 0.5) is 0 Å². The van der Waals surface area contributed by atoms with Crippen LogP contribution in [0.2, 0.25) is 0 Å². The SMILES string of the molecule is CC(C)(C)CC(N)CC(=O)OCC1CCOC1. The van der Waals surface area contributed by atoms with Crippen molar-refractivity contribution < 1.29 is 14.3 Å². The molecule has 1 fully saturated rings. The summed E-state index contributed by atoms with van der Waals surface area (Å²) in [6.07, 6.45) is 2.13. The van der Waals surface area contributed by atoms with Gasteiger partial charge in [-0.2, -0.15) is 0 Å². The van der Waals surface area contributed by atoms with E-state index in [0.717, 1.165) is 19.4 Å². The van der Waals surface area contributed by atoms with E-state index in [2.05, 4.69) is 20.8 Å². The van der Waals surface area contributed by atoms with Crippen molar-refractivity contribution in [3.63, 3.8) is 0 Å². The topological polar surface area (TPSA) is 61.6 Å². The second kappa shape index (κ2) is 6.36. The van der Waals surface area contributed by atoms with E-state index >= 15 is 0 Å². The van der Waals surface area contributed by atoms with Gasteiger partial charge in [0.15, 0.2) is 0 Å². The molecule has 2 N–H and O–H groups in total. The zero-order valence-electron chi connectivity index (χ0n) is 11.2. The molecule has 0 amide bonds. The van der Waals surface area contributed by atoms with Crippen LogP contribution in [0, 0.1) is 11.3 Å². The third-order valence-electron chi connectivity index (χ3n) is 2.81. The summed E-state index contributed by atoms with van der Waals surface area (Å²) in [5, 5.41) is 0. The second-order valence-corrected chi connectivity index (χ2v) is 6.14. The number of esters is 1. The number of nitrogens with two attached hydrogens (primary N) is 1. The molecule has 2 unspecified atom stereocenters. The highest BCUT2D eigenvalue weighted by molar-refractivity contribution is 5.70. The molecule has 0 saturated carbocycles. The summed E-state index contributed by atoms with van der Waals surface area (Å²) in [6, 6.07) is -0.109. The lowest BCUT2D eigenvalue weighted by Gasteiger charge is -2.22. The van der Waals surface area contributed by atoms with Crippen LogP contribution in [0.25, 0.3) is 0 Å². The molecular formula is C13H25NO3. The van der Waals surface area contributed by atoms with Crippen molar-refractivity contribution in [3.05, 3.63) is 0 Å². The highest BCUT2D eigenvalue weighted by Crippen LogP contribution is 2.21. The number of rotatable bonds is 5. The Morgan fingerprint density at radius 1 is 1.53 bits per heavy atom. The number of hydrogen-bond donors (Lipinski definition) is 1. The normalized spacial score (nSPS) is 22.5. The molecule has 0 aromatic heterocycles. The standard InChI is InChI=1S/C13H25NO3/c1-13(2,3)7-11(14)6-12(15)17-9-10-4-5-16-8-10/h10-11H,4-9,14H2,1-3H3. The summed E-state index contributed by atoms with van der Waals surface area (Å²) >= 11 is 0. The van der Waals surface area contributed by atoms with Crippen LogP contribution in [-0.2, 0) is 14.3 Å². The van der Waals surface area contributed by atoms with Gasteiger partial charge >= 0.3 is 5.97 Å². The maximum Gasteiger partial charge on any atom is 0.307 e. The lowest BCUT2D eigenvalue weighted by molar-refractivity contribution is -0.145. The Kier molecular flexibility index (Phi) is 5.40. The van der Waals surface area contributed by atoms with Gasteiger partial charge in [0.25, 0.3) is 0 Å². The summed E-state index contributed by atoms with van der Waals surface area (Å²) in [5.41, 5.74) is 6.07. The van der Waals surface area contributed by atoms with E-state index in [9.17, 15) is 4.79 Å². The van der Waals surface area contributed by atoms with Crippen LogP contribution in [0.3, 0.4) is 0 Å². The van der Waals surface area contributed by atoms with E-state index in [0.29, 0.717) is 25.6 Å². The second-order valence-electron chi connectivity index (χ2n) is 6.14. The molecule has 1 saturated heterocycles. The summed E-state index contributed by atoms with van der Waals surface area (Å²) < 4.78 is 10.4. The first-order chi connectivity index (χ1) is 7.87. The number of ether oxygens (including phenoxy) is 2. The van der Waals surface area contributed by atoms with Gasteiger partial charge in [-0.15, -0.1) is 0 Å². The monoisotopic (exact) mass is 243 g/mol. The van der Waals surface area contributed by atoms with Gasteiger partial charge in [-0.05, 0) is 18.3 Å². The molecule has 0 bridgehead atoms. The fraction of sp³-hybridized carbons (Fsp3) is 0.923. The van der Waals surface area contributed by atoms with E-state index in [1.807, 2.05) is 0 Å². The molecule has 0 spiro atoms. The zero-order chi connectivity index (χ0) is 12.9. The molecule has 0 aromatic carbocycles. The smallest absolute Gasteiger partial charge is 0.307 e. The Morgan fingerprint density at radius 2 is 2.24 bits per heavy atom. The molecule has 0 radical (unpaired) electrons. The largest absolute Gasteiger partial charge is 0.465 e. The van der Waals surface area contributed by atoms with Crippen molar-refractivity contribution in [2.24, 2.45) is 17.1 Å². The first-order valence-corrected chi connectivity index (χ1v) is 6.36. The van der Waals surface area contributed by atoms with Gasteiger partial charge in [-0.25, -0.2) is 0 Å². The van der Waals surface area contributed by atoms with Gasteiger partial charge in [0, 0.05) is 18.6 Å². The van der Waals surface area contributed by atoms with Crippen molar-refractivity contribution in [2.75, 3.05) is 19.8 Å². The Balaban J connectivity index is 2.15. The van der Waals surface area contributed by atoms with E-state index in [4.69, 9.17) is 15.2 Å². The minimum Gasteiger partial charge on any atom is -0.465 e. The van der Waals surface area contributed by atoms with Crippen LogP contribution in [0.1, 0.15) is 40.0 Å². The average molecular weight is 243 g/mol. The Morgan fingerprint density at radius 3 is 2.76 bits per heavy atom. The molecule has 0 aliphatic carbocycles. The molecule has 17 heavy (non-hydrogen) atoms. The molecule has 1 aliphatic heterocycles. The van der Waals surface area contributed by atoms with Crippen molar-refractivity contribution in [2.45, 2.75) is 46.1 Å². The van der Waals surface area contributed by atoms with Gasteiger partial charge in [-0.3, -0.25) is 4.79 Å². The Bertz CT molecular complexity index is 242. The fourth-order valence-electron chi connectivity index (χ4n) is 2.06. The molecule has 1 rings (SSSR count). The quantitative estimate of drug-likeness (QED) is 0.747. The van der Waals surface area contributed by atoms with E-state index in [1.54, 1.807) is 0 Å². The van der Waals surface area contributed by atoms with Crippen molar-refractivity contribution in [3.8, 4) is 0 Å². The molecule has 0 aromatic rings. The molecular weight excluding hydrogens is 218 g/mol. The van der Waals surface area contributed by atoms with Crippen LogP contribution < -0.4 is 5.73 Å². The summed E-state index contributed by atoms with van der Waals surface area (Å²) in [6.45, 7) is 8.32. The van der Waals surface area contributed by atoms with Crippen molar-refractivity contribution in [1.29, 1.82) is 0 Å². The lowest BCUT2D eigenvalue weighted by Crippen LogP contribution is -2.30. The number of carbonyl (C=O) groups is 1. The first-order valence-electron chi connectivity index (χ1n) is 6.36. The molecule has 4 heteroatoms. The summed E-state index contributed by atoms with van der Waals surface area (Å²) in [4.78, 5) is 11.6. The molecule has 1 aliphatic rings. The lowest BCUT2D eigenvalue weighted by atomic mass is 9.87. The summed E-state index contributed by atoms with van der Waals surface area (Å²) in [7, 11) is 0. The van der Waals surface area contributed by atoms with Crippen LogP contribution in [0.15, 0.2) is 0 Å². The maximum atomic E-state index is 11.6. The van der Waals surface area contributed by atoms with Gasteiger partial charge in [0.05, 0.1) is 19.6 Å². The van der Waals surface area contributed by atoms with Gasteiger partial charge in [0.1, 0.15) is 0 Å². The number of carbonyl (C=O) groups excluding carboxylic acids is 1. The summed E-state index contributed by atoms with van der Waals surface area (Å²) in [5.74, 6) is 0.187. The van der Waals surface area contributed by atoms with Gasteiger partial charge in [0.2, 0.25) is 0 Å². The first kappa shape index (κ1) is 14.5. The van der Waals surface area contributed by atoms with Crippen molar-refractivity contribution in [1.82, 2.24) is 0 Å². The highest BCUT2D eigenvalue weighted by Gasteiger charge is 2.21. The Hall–Kier alpha value is -0.610. The van der Waals surface area contributed by atoms with E-state index in [-0.39, 0.29) is 17.4 Å². The molecule has 2 atom stereocenters. The average Bonchev–Trinajstić information content (AvgIpc) is 2.63. The third kappa shape index (κ3) is 6.64. The molecule has 4 nitrogen and oxygen atoms in total. The van der Waals surface area contributed by atoms with Crippen LogP contribution in [-0.4, -0.2) is 31.8 Å². The van der Waals surface area contributed by atoms with E-state index in [1.165, 1.54) is 0 Å². The molecule has 100 valence electrons. The van der Waals surface area contributed by atoms with Gasteiger partial charge in [-0.1, -0.05) is 20.8 Å². The zero-order valence-corrected chi connectivity index (χ0v) is 11.2. The van der Waals surface area contributed by atoms with Gasteiger partial charge < -0.3 is 15.2 Å². The number of hydrogen-bond acceptors (Lipinski definition) is 4. The predicted octanol–water partition coefficient (Wildman–Crippen LogP) is 1.72. The predicted molar refractivity (Wildman–Crippen MR) is 66.5 cm³/mol. The molecule has 1 heterocycles. The minimum atomic E-state index is -0.186. The third-order valence-corrected chi connectivity index (χ3v) is 2.81. The highest BCUT2D eigenvalue weighted by atomic mass is 16.5. The van der Waals surface area contributed by atoms with Crippen LogP contribution in [0.5, 0.6) is 0 Å².